The van der Waals surface area contributed by atoms with Crippen molar-refractivity contribution in [1.29, 1.82) is 0 Å². The first-order valence-electron chi connectivity index (χ1n) is 5.48. The summed E-state index contributed by atoms with van der Waals surface area (Å²) in [5.41, 5.74) is 0.724. The van der Waals surface area contributed by atoms with E-state index in [2.05, 4.69) is 10.3 Å². The predicted octanol–water partition coefficient (Wildman–Crippen LogP) is -1.34. The molecule has 0 aliphatic heterocycles. The Labute approximate surface area is 149 Å². The normalized spacial score (nSPS) is 10.6. The minimum Gasteiger partial charge on any atom is -0.744 e. The van der Waals surface area contributed by atoms with Crippen LogP contribution >= 0.6 is 0 Å². The Morgan fingerprint density at radius 1 is 1.00 bits per heavy atom. The van der Waals surface area contributed by atoms with E-state index in [9.17, 15) is 18.2 Å². The topological polar surface area (TPSA) is 137 Å². The molecular formula is C12H12N3NaO5S. The van der Waals surface area contributed by atoms with Crippen molar-refractivity contribution < 1.29 is 53.2 Å². The first-order valence-corrected chi connectivity index (χ1v) is 6.89. The van der Waals surface area contributed by atoms with Crippen LogP contribution in [0.25, 0.3) is 0 Å². The summed E-state index contributed by atoms with van der Waals surface area (Å²) in [6.45, 7) is 0. The van der Waals surface area contributed by atoms with Crippen LogP contribution in [0, 0.1) is 0 Å². The van der Waals surface area contributed by atoms with Gasteiger partial charge in [-0.05, 0) is 41.6 Å². The molecule has 0 amide bonds. The standard InChI is InChI=1S/C12H11N3O4S.Na.H2O/c16-15(11-4-2-1-3-5-11)14-13-10-6-8-12(9-7-10)20(17,18)19;;/h1-9,16H,(H,17,18,19);;1H2/q;+1;/p-1. The van der Waals surface area contributed by atoms with Crippen molar-refractivity contribution in [3.8, 4) is 0 Å². The molecule has 0 bridgehead atoms. The van der Waals surface area contributed by atoms with Gasteiger partial charge >= 0.3 is 29.6 Å². The number of nitrogens with zero attached hydrogens (tertiary/aromatic N) is 3. The molecule has 10 heteroatoms. The number of hydrogen-bond donors (Lipinski definition) is 1. The van der Waals surface area contributed by atoms with Crippen LogP contribution in [0.4, 0.5) is 11.4 Å². The Kier molecular flexibility index (Phi) is 8.41. The molecule has 2 aromatic rings. The van der Waals surface area contributed by atoms with Gasteiger partial charge in [-0.2, -0.15) is 0 Å². The summed E-state index contributed by atoms with van der Waals surface area (Å²) < 4.78 is 32.2. The number of benzene rings is 2. The maximum absolute atomic E-state index is 10.7. The average molecular weight is 333 g/mol. The Bertz CT molecular complexity index is 707. The minimum absolute atomic E-state index is 0. The first-order chi connectivity index (χ1) is 9.47. The molecule has 3 N–H and O–H groups in total. The van der Waals surface area contributed by atoms with Gasteiger partial charge in [0.05, 0.1) is 16.3 Å². The quantitative estimate of drug-likeness (QED) is 0.320. The summed E-state index contributed by atoms with van der Waals surface area (Å²) in [4.78, 5) is -0.347. The SMILES string of the molecule is O.O=S(=O)([O-])c1ccc(N=NN(O)c2ccccc2)cc1.[Na+]. The number of hydrogen-bond acceptors (Lipinski definition) is 6. The molecule has 0 spiro atoms. The van der Waals surface area contributed by atoms with Crippen LogP contribution in [0.5, 0.6) is 0 Å². The second kappa shape index (κ2) is 8.96. The Morgan fingerprint density at radius 3 is 2.05 bits per heavy atom. The van der Waals surface area contributed by atoms with E-state index in [1.807, 2.05) is 0 Å². The van der Waals surface area contributed by atoms with E-state index >= 15 is 0 Å². The zero-order valence-electron chi connectivity index (χ0n) is 11.6. The molecule has 0 aliphatic rings. The summed E-state index contributed by atoms with van der Waals surface area (Å²) in [5, 5.41) is 17.4. The molecule has 0 radical (unpaired) electrons. The second-order valence-corrected chi connectivity index (χ2v) is 5.14. The predicted molar refractivity (Wildman–Crippen MR) is 73.2 cm³/mol. The van der Waals surface area contributed by atoms with E-state index in [0.29, 0.717) is 16.5 Å². The molecule has 0 atom stereocenters. The Hall–Kier alpha value is -1.33. The van der Waals surface area contributed by atoms with Crippen molar-refractivity contribution >= 4 is 21.5 Å². The van der Waals surface area contributed by atoms with Gasteiger partial charge in [0.1, 0.15) is 10.1 Å². The van der Waals surface area contributed by atoms with E-state index in [-0.39, 0.29) is 39.9 Å². The molecule has 2 rings (SSSR count). The van der Waals surface area contributed by atoms with Crippen molar-refractivity contribution in [3.63, 3.8) is 0 Å². The van der Waals surface area contributed by atoms with E-state index in [0.717, 1.165) is 12.1 Å². The van der Waals surface area contributed by atoms with E-state index in [4.69, 9.17) is 0 Å². The molecule has 0 fully saturated rings. The summed E-state index contributed by atoms with van der Waals surface area (Å²) in [5.74, 6) is 0. The van der Waals surface area contributed by atoms with Crippen LogP contribution in [0.3, 0.4) is 0 Å². The molecule has 8 nitrogen and oxygen atoms in total. The van der Waals surface area contributed by atoms with Gasteiger partial charge < -0.3 is 10.0 Å². The Morgan fingerprint density at radius 2 is 1.55 bits per heavy atom. The summed E-state index contributed by atoms with van der Waals surface area (Å²) in [6.07, 6.45) is 0. The molecule has 22 heavy (non-hydrogen) atoms. The average Bonchev–Trinajstić information content (AvgIpc) is 2.45. The number of rotatable bonds is 4. The van der Waals surface area contributed by atoms with E-state index < -0.39 is 10.1 Å². The zero-order valence-corrected chi connectivity index (χ0v) is 14.4. The van der Waals surface area contributed by atoms with E-state index in [1.165, 1.54) is 12.1 Å². The third-order valence-corrected chi connectivity index (χ3v) is 3.21. The molecule has 0 unspecified atom stereocenters. The van der Waals surface area contributed by atoms with Gasteiger partial charge in [0, 0.05) is 0 Å². The minimum atomic E-state index is -4.48. The zero-order chi connectivity index (χ0) is 14.6. The fourth-order valence-electron chi connectivity index (χ4n) is 1.39. The smallest absolute Gasteiger partial charge is 0.744 e. The van der Waals surface area contributed by atoms with Crippen LogP contribution in [0.15, 0.2) is 69.8 Å². The van der Waals surface area contributed by atoms with Crippen molar-refractivity contribution in [3.05, 3.63) is 54.6 Å². The maximum atomic E-state index is 10.7. The summed E-state index contributed by atoms with van der Waals surface area (Å²) in [7, 11) is -4.48. The molecule has 2 aromatic carbocycles. The van der Waals surface area contributed by atoms with Crippen molar-refractivity contribution in [2.45, 2.75) is 4.90 Å². The molecular weight excluding hydrogens is 321 g/mol. The fourth-order valence-corrected chi connectivity index (χ4v) is 1.86. The van der Waals surface area contributed by atoms with Gasteiger partial charge in [0.2, 0.25) is 0 Å². The third kappa shape index (κ3) is 5.81. The van der Waals surface area contributed by atoms with Gasteiger partial charge in [-0.25, -0.2) is 8.42 Å². The molecule has 0 aromatic heterocycles. The molecule has 0 saturated heterocycles. The van der Waals surface area contributed by atoms with Crippen LogP contribution in [0.1, 0.15) is 0 Å². The van der Waals surface area contributed by atoms with Crippen LogP contribution in [0.2, 0.25) is 0 Å². The monoisotopic (exact) mass is 333 g/mol. The third-order valence-electron chi connectivity index (χ3n) is 2.36. The fraction of sp³-hybridized carbons (Fsp3) is 0. The van der Waals surface area contributed by atoms with E-state index in [1.54, 1.807) is 30.3 Å². The van der Waals surface area contributed by atoms with Gasteiger partial charge in [0.15, 0.2) is 0 Å². The number of anilines is 1. The Balaban J connectivity index is 0.00000220. The van der Waals surface area contributed by atoms with Gasteiger partial charge in [-0.1, -0.05) is 18.2 Å². The van der Waals surface area contributed by atoms with Crippen molar-refractivity contribution in [2.24, 2.45) is 10.3 Å². The maximum Gasteiger partial charge on any atom is 1.00 e. The van der Waals surface area contributed by atoms with Gasteiger partial charge in [0.25, 0.3) is 0 Å². The summed E-state index contributed by atoms with van der Waals surface area (Å²) >= 11 is 0. The molecule has 0 heterocycles. The van der Waals surface area contributed by atoms with Crippen molar-refractivity contribution in [1.82, 2.24) is 0 Å². The van der Waals surface area contributed by atoms with Gasteiger partial charge in [-0.15, -0.1) is 10.3 Å². The van der Waals surface area contributed by atoms with Gasteiger partial charge in [-0.3, -0.25) is 5.21 Å². The molecule has 0 saturated carbocycles. The largest absolute Gasteiger partial charge is 1.00 e. The first kappa shape index (κ1) is 20.7. The second-order valence-electron chi connectivity index (χ2n) is 3.76. The molecule has 112 valence electrons. The summed E-state index contributed by atoms with van der Waals surface area (Å²) in [6, 6.07) is 13.4. The number of para-hydroxylation sites is 1. The van der Waals surface area contributed by atoms with Crippen LogP contribution in [-0.2, 0) is 10.1 Å². The molecule has 0 aliphatic carbocycles. The van der Waals surface area contributed by atoms with Crippen molar-refractivity contribution in [2.75, 3.05) is 5.17 Å². The van der Waals surface area contributed by atoms with Crippen LogP contribution < -0.4 is 34.7 Å². The van der Waals surface area contributed by atoms with Crippen LogP contribution in [-0.4, -0.2) is 23.7 Å².